The van der Waals surface area contributed by atoms with Crippen LogP contribution in [-0.2, 0) is 14.4 Å². The van der Waals surface area contributed by atoms with Gasteiger partial charge in [0, 0.05) is 4.92 Å². The van der Waals surface area contributed by atoms with Crippen molar-refractivity contribution in [3.63, 3.8) is 0 Å². The molecule has 8 heteroatoms. The van der Waals surface area contributed by atoms with Gasteiger partial charge >= 0.3 is 10.1 Å². The van der Waals surface area contributed by atoms with E-state index in [0.29, 0.717) is 0 Å². The molecule has 1 N–H and O–H groups in total. The predicted molar refractivity (Wildman–Crippen MR) is 54.6 cm³/mol. The van der Waals surface area contributed by atoms with E-state index in [0.717, 1.165) is 0 Å². The third-order valence-corrected chi connectivity index (χ3v) is 2.78. The molecule has 0 unspecified atom stereocenters. The maximum absolute atomic E-state index is 11.4. The first kappa shape index (κ1) is 12.6. The highest BCUT2D eigenvalue weighted by molar-refractivity contribution is 7.86. The van der Waals surface area contributed by atoms with E-state index in [9.17, 15) is 18.5 Å². The predicted octanol–water partition coefficient (Wildman–Crippen LogP) is 0.173. The molecular formula is C8H10N2O5S. The maximum atomic E-state index is 11.4. The molecule has 0 atom stereocenters. The summed E-state index contributed by atoms with van der Waals surface area (Å²) in [5.41, 5.74) is 2.03. The van der Waals surface area contributed by atoms with E-state index in [2.05, 4.69) is 4.28 Å². The SMILES string of the molecule is O=[N+]([O-])CCNOS(=O)(=O)c1ccccc1. The monoisotopic (exact) mass is 246 g/mol. The Bertz CT molecular complexity index is 445. The lowest BCUT2D eigenvalue weighted by molar-refractivity contribution is -0.478. The second-order valence-corrected chi connectivity index (χ2v) is 4.35. The molecule has 0 saturated carbocycles. The molecule has 1 aromatic carbocycles. The highest BCUT2D eigenvalue weighted by Gasteiger charge is 2.14. The Labute approximate surface area is 92.3 Å². The molecule has 0 heterocycles. The fourth-order valence-corrected chi connectivity index (χ4v) is 1.72. The Morgan fingerprint density at radius 1 is 1.31 bits per heavy atom. The summed E-state index contributed by atoms with van der Waals surface area (Å²) in [6.07, 6.45) is 0. The normalized spacial score (nSPS) is 11.2. The Balaban J connectivity index is 2.51. The molecule has 0 bridgehead atoms. The van der Waals surface area contributed by atoms with E-state index in [1.54, 1.807) is 18.2 Å². The number of hydroxylamine groups is 1. The van der Waals surface area contributed by atoms with Crippen LogP contribution in [0, 0.1) is 10.1 Å². The molecule has 0 spiro atoms. The van der Waals surface area contributed by atoms with Crippen LogP contribution in [0.4, 0.5) is 0 Å². The number of nitro groups is 1. The molecule has 1 aromatic rings. The van der Waals surface area contributed by atoms with Crippen LogP contribution in [-0.4, -0.2) is 26.4 Å². The minimum Gasteiger partial charge on any atom is -0.264 e. The number of nitrogens with zero attached hydrogens (tertiary/aromatic N) is 1. The molecule has 0 fully saturated rings. The first-order valence-corrected chi connectivity index (χ1v) is 5.76. The second-order valence-electron chi connectivity index (χ2n) is 2.80. The number of benzene rings is 1. The summed E-state index contributed by atoms with van der Waals surface area (Å²) in [5, 5.41) is 9.95. The summed E-state index contributed by atoms with van der Waals surface area (Å²) in [6, 6.07) is 7.49. The molecule has 0 radical (unpaired) electrons. The summed E-state index contributed by atoms with van der Waals surface area (Å²) < 4.78 is 27.2. The Kier molecular flexibility index (Phi) is 4.35. The average Bonchev–Trinajstić information content (AvgIpc) is 2.26. The van der Waals surface area contributed by atoms with E-state index >= 15 is 0 Å². The van der Waals surface area contributed by atoms with Gasteiger partial charge in [0.05, 0.1) is 11.4 Å². The summed E-state index contributed by atoms with van der Waals surface area (Å²) in [4.78, 5) is 9.37. The number of nitrogens with one attached hydrogen (secondary N) is 1. The molecular weight excluding hydrogens is 236 g/mol. The Morgan fingerprint density at radius 2 is 1.94 bits per heavy atom. The van der Waals surface area contributed by atoms with Crippen molar-refractivity contribution in [2.24, 2.45) is 0 Å². The Hall–Kier alpha value is -1.51. The summed E-state index contributed by atoms with van der Waals surface area (Å²) >= 11 is 0. The van der Waals surface area contributed by atoms with Crippen LogP contribution in [0.5, 0.6) is 0 Å². The van der Waals surface area contributed by atoms with Crippen LogP contribution < -0.4 is 5.48 Å². The molecule has 0 aliphatic heterocycles. The minimum atomic E-state index is -3.89. The first-order chi connectivity index (χ1) is 7.52. The van der Waals surface area contributed by atoms with Crippen LogP contribution in [0.25, 0.3) is 0 Å². The summed E-state index contributed by atoms with van der Waals surface area (Å²) in [7, 11) is -3.89. The topological polar surface area (TPSA) is 98.5 Å². The number of hydrogen-bond donors (Lipinski definition) is 1. The van der Waals surface area contributed by atoms with Crippen LogP contribution in [0.2, 0.25) is 0 Å². The van der Waals surface area contributed by atoms with Crippen molar-refractivity contribution in [2.75, 3.05) is 13.1 Å². The van der Waals surface area contributed by atoms with Crippen LogP contribution >= 0.6 is 0 Å². The number of hydrogen-bond acceptors (Lipinski definition) is 6. The molecule has 0 aliphatic carbocycles. The number of rotatable bonds is 6. The van der Waals surface area contributed by atoms with Gasteiger partial charge in [0.2, 0.25) is 6.54 Å². The van der Waals surface area contributed by atoms with Crippen molar-refractivity contribution in [2.45, 2.75) is 4.90 Å². The van der Waals surface area contributed by atoms with Gasteiger partial charge < -0.3 is 0 Å². The third kappa shape index (κ3) is 3.93. The van der Waals surface area contributed by atoms with Crippen molar-refractivity contribution in [1.82, 2.24) is 5.48 Å². The van der Waals surface area contributed by atoms with Gasteiger partial charge in [-0.05, 0) is 12.1 Å². The maximum Gasteiger partial charge on any atom is 0.312 e. The van der Waals surface area contributed by atoms with Gasteiger partial charge in [-0.2, -0.15) is 18.2 Å². The van der Waals surface area contributed by atoms with Gasteiger partial charge in [-0.1, -0.05) is 18.2 Å². The standard InChI is InChI=1S/C8H10N2O5S/c11-10(12)7-6-9-15-16(13,14)8-4-2-1-3-5-8/h1-5,9H,6-7H2. The largest absolute Gasteiger partial charge is 0.312 e. The lowest BCUT2D eigenvalue weighted by Gasteiger charge is -2.04. The minimum absolute atomic E-state index is 0.0106. The fraction of sp³-hybridized carbons (Fsp3) is 0.250. The molecule has 7 nitrogen and oxygen atoms in total. The smallest absolute Gasteiger partial charge is 0.264 e. The molecule has 16 heavy (non-hydrogen) atoms. The van der Waals surface area contributed by atoms with Gasteiger partial charge in [-0.15, -0.1) is 0 Å². The van der Waals surface area contributed by atoms with Gasteiger partial charge in [-0.3, -0.25) is 10.1 Å². The van der Waals surface area contributed by atoms with Crippen molar-refractivity contribution in [3.05, 3.63) is 40.4 Å². The van der Waals surface area contributed by atoms with Crippen LogP contribution in [0.1, 0.15) is 0 Å². The first-order valence-electron chi connectivity index (χ1n) is 4.35. The van der Waals surface area contributed by atoms with E-state index in [1.807, 2.05) is 5.48 Å². The van der Waals surface area contributed by atoms with Gasteiger partial charge in [-0.25, -0.2) is 0 Å². The zero-order valence-electron chi connectivity index (χ0n) is 8.20. The molecule has 0 saturated heterocycles. The molecule has 0 aromatic heterocycles. The van der Waals surface area contributed by atoms with Gasteiger partial charge in [0.1, 0.15) is 0 Å². The average molecular weight is 246 g/mol. The van der Waals surface area contributed by atoms with E-state index < -0.39 is 21.6 Å². The van der Waals surface area contributed by atoms with Crippen molar-refractivity contribution in [1.29, 1.82) is 0 Å². The van der Waals surface area contributed by atoms with Gasteiger partial charge in [0.15, 0.2) is 0 Å². The van der Waals surface area contributed by atoms with Crippen molar-refractivity contribution < 1.29 is 17.6 Å². The third-order valence-electron chi connectivity index (χ3n) is 1.60. The van der Waals surface area contributed by atoms with Crippen LogP contribution in [0.3, 0.4) is 0 Å². The van der Waals surface area contributed by atoms with E-state index in [-0.39, 0.29) is 11.4 Å². The van der Waals surface area contributed by atoms with Crippen molar-refractivity contribution >= 4 is 10.1 Å². The zero-order valence-corrected chi connectivity index (χ0v) is 9.01. The van der Waals surface area contributed by atoms with E-state index in [4.69, 9.17) is 0 Å². The molecule has 88 valence electrons. The Morgan fingerprint density at radius 3 is 2.50 bits per heavy atom. The molecule has 1 rings (SSSR count). The molecule has 0 amide bonds. The lowest BCUT2D eigenvalue weighted by Crippen LogP contribution is -2.25. The van der Waals surface area contributed by atoms with Crippen LogP contribution in [0.15, 0.2) is 35.2 Å². The molecule has 0 aliphatic rings. The summed E-state index contributed by atoms with van der Waals surface area (Å²) in [5.74, 6) is 0. The second kappa shape index (κ2) is 5.54. The quantitative estimate of drug-likeness (QED) is 0.436. The van der Waals surface area contributed by atoms with E-state index in [1.165, 1.54) is 12.1 Å². The lowest BCUT2D eigenvalue weighted by atomic mass is 10.4. The highest BCUT2D eigenvalue weighted by atomic mass is 32.2. The van der Waals surface area contributed by atoms with Gasteiger partial charge in [0.25, 0.3) is 0 Å². The summed E-state index contributed by atoms with van der Waals surface area (Å²) in [6.45, 7) is -0.594. The zero-order chi connectivity index (χ0) is 12.0. The highest BCUT2D eigenvalue weighted by Crippen LogP contribution is 2.09. The van der Waals surface area contributed by atoms with Crippen molar-refractivity contribution in [3.8, 4) is 0 Å². The fourth-order valence-electron chi connectivity index (χ4n) is 0.891.